The zero-order chi connectivity index (χ0) is 14.0. The maximum absolute atomic E-state index is 13.5. The van der Waals surface area contributed by atoms with Gasteiger partial charge in [-0.25, -0.2) is 8.78 Å². The van der Waals surface area contributed by atoms with Crippen molar-refractivity contribution < 1.29 is 13.6 Å². The standard InChI is InChI=1S/C14H18F2N2O/c1-9-3-2-6-14(17,8-9)13(19)18-12-7-10(15)4-5-11(12)16/h4-5,7,9H,2-3,6,8,17H2,1H3,(H,18,19). The van der Waals surface area contributed by atoms with E-state index in [9.17, 15) is 13.6 Å². The second-order valence-corrected chi connectivity index (χ2v) is 5.44. The van der Waals surface area contributed by atoms with E-state index in [2.05, 4.69) is 5.32 Å². The molecular weight excluding hydrogens is 250 g/mol. The molecule has 0 aliphatic heterocycles. The topological polar surface area (TPSA) is 55.1 Å². The Kier molecular flexibility index (Phi) is 3.85. The van der Waals surface area contributed by atoms with Gasteiger partial charge in [-0.3, -0.25) is 4.79 Å². The number of nitrogens with two attached hydrogens (primary N) is 1. The van der Waals surface area contributed by atoms with Crippen LogP contribution in [0.3, 0.4) is 0 Å². The van der Waals surface area contributed by atoms with E-state index >= 15 is 0 Å². The van der Waals surface area contributed by atoms with Crippen molar-refractivity contribution in [3.8, 4) is 0 Å². The van der Waals surface area contributed by atoms with E-state index in [4.69, 9.17) is 5.73 Å². The van der Waals surface area contributed by atoms with Crippen LogP contribution in [0.15, 0.2) is 18.2 Å². The molecule has 1 amide bonds. The highest BCUT2D eigenvalue weighted by Gasteiger charge is 2.38. The van der Waals surface area contributed by atoms with Crippen LogP contribution in [0, 0.1) is 17.6 Å². The number of hydrogen-bond donors (Lipinski definition) is 2. The van der Waals surface area contributed by atoms with Crippen LogP contribution in [-0.4, -0.2) is 11.4 Å². The molecule has 1 aromatic carbocycles. The molecule has 1 aliphatic rings. The largest absolute Gasteiger partial charge is 0.322 e. The zero-order valence-electron chi connectivity index (χ0n) is 10.9. The Morgan fingerprint density at radius 1 is 1.47 bits per heavy atom. The first-order chi connectivity index (χ1) is 8.90. The van der Waals surface area contributed by atoms with Crippen LogP contribution in [0.4, 0.5) is 14.5 Å². The summed E-state index contributed by atoms with van der Waals surface area (Å²) in [6, 6.07) is 2.95. The van der Waals surface area contributed by atoms with Crippen LogP contribution >= 0.6 is 0 Å². The summed E-state index contributed by atoms with van der Waals surface area (Å²) in [6.07, 6.45) is 3.05. The summed E-state index contributed by atoms with van der Waals surface area (Å²) in [7, 11) is 0. The molecular formula is C14H18F2N2O. The first-order valence-corrected chi connectivity index (χ1v) is 6.46. The van der Waals surface area contributed by atoms with Crippen LogP contribution in [-0.2, 0) is 4.79 Å². The molecule has 0 aromatic heterocycles. The van der Waals surface area contributed by atoms with Gasteiger partial charge in [0.25, 0.3) is 0 Å². The summed E-state index contributed by atoms with van der Waals surface area (Å²) in [6.45, 7) is 2.04. The van der Waals surface area contributed by atoms with Crippen molar-refractivity contribution in [3.63, 3.8) is 0 Å². The Morgan fingerprint density at radius 3 is 2.89 bits per heavy atom. The zero-order valence-corrected chi connectivity index (χ0v) is 10.9. The summed E-state index contributed by atoms with van der Waals surface area (Å²) < 4.78 is 26.5. The lowest BCUT2D eigenvalue weighted by Crippen LogP contribution is -2.53. The number of carbonyl (C=O) groups is 1. The Balaban J connectivity index is 2.14. The highest BCUT2D eigenvalue weighted by molar-refractivity contribution is 5.98. The smallest absolute Gasteiger partial charge is 0.244 e. The summed E-state index contributed by atoms with van der Waals surface area (Å²) in [5.41, 5.74) is 4.95. The van der Waals surface area contributed by atoms with Crippen molar-refractivity contribution in [3.05, 3.63) is 29.8 Å². The van der Waals surface area contributed by atoms with E-state index in [-0.39, 0.29) is 5.69 Å². The SMILES string of the molecule is CC1CCCC(N)(C(=O)Nc2cc(F)ccc2F)C1. The molecule has 2 atom stereocenters. The highest BCUT2D eigenvalue weighted by Crippen LogP contribution is 2.31. The number of halogens is 2. The Labute approximate surface area is 111 Å². The lowest BCUT2D eigenvalue weighted by molar-refractivity contribution is -0.122. The van der Waals surface area contributed by atoms with Gasteiger partial charge in [-0.05, 0) is 30.9 Å². The van der Waals surface area contributed by atoms with Gasteiger partial charge >= 0.3 is 0 Å². The van der Waals surface area contributed by atoms with E-state index in [0.717, 1.165) is 31.0 Å². The third-order valence-corrected chi connectivity index (χ3v) is 3.66. The first kappa shape index (κ1) is 13.9. The summed E-state index contributed by atoms with van der Waals surface area (Å²) in [5, 5.41) is 2.40. The fourth-order valence-corrected chi connectivity index (χ4v) is 2.64. The third kappa shape index (κ3) is 3.10. The van der Waals surface area contributed by atoms with Gasteiger partial charge in [0.1, 0.15) is 11.6 Å². The van der Waals surface area contributed by atoms with Gasteiger partial charge in [0.15, 0.2) is 0 Å². The molecule has 1 fully saturated rings. The minimum atomic E-state index is -0.990. The molecule has 19 heavy (non-hydrogen) atoms. The molecule has 5 heteroatoms. The Bertz CT molecular complexity index is 492. The van der Waals surface area contributed by atoms with Crippen molar-refractivity contribution in [1.82, 2.24) is 0 Å². The van der Waals surface area contributed by atoms with Gasteiger partial charge in [-0.15, -0.1) is 0 Å². The molecule has 1 aliphatic carbocycles. The van der Waals surface area contributed by atoms with Crippen molar-refractivity contribution in [1.29, 1.82) is 0 Å². The van der Waals surface area contributed by atoms with Crippen molar-refractivity contribution in [2.75, 3.05) is 5.32 Å². The van der Waals surface area contributed by atoms with Crippen LogP contribution in [0.25, 0.3) is 0 Å². The average molecular weight is 268 g/mol. The number of benzene rings is 1. The summed E-state index contributed by atoms with van der Waals surface area (Å²) in [4.78, 5) is 12.2. The lowest BCUT2D eigenvalue weighted by atomic mass is 9.76. The Morgan fingerprint density at radius 2 is 2.21 bits per heavy atom. The highest BCUT2D eigenvalue weighted by atomic mass is 19.1. The van der Waals surface area contributed by atoms with Crippen LogP contribution < -0.4 is 11.1 Å². The van der Waals surface area contributed by atoms with Crippen LogP contribution in [0.1, 0.15) is 32.6 Å². The molecule has 1 saturated carbocycles. The molecule has 0 radical (unpaired) electrons. The fraction of sp³-hybridized carbons (Fsp3) is 0.500. The second kappa shape index (κ2) is 5.25. The molecule has 1 aromatic rings. The quantitative estimate of drug-likeness (QED) is 0.866. The minimum absolute atomic E-state index is 0.159. The van der Waals surface area contributed by atoms with Crippen molar-refractivity contribution in [2.45, 2.75) is 38.1 Å². The van der Waals surface area contributed by atoms with Crippen molar-refractivity contribution >= 4 is 11.6 Å². The molecule has 0 saturated heterocycles. The monoisotopic (exact) mass is 268 g/mol. The van der Waals surface area contributed by atoms with Gasteiger partial charge in [-0.1, -0.05) is 19.8 Å². The van der Waals surface area contributed by atoms with Gasteiger partial charge in [-0.2, -0.15) is 0 Å². The molecule has 0 spiro atoms. The maximum atomic E-state index is 13.5. The van der Waals surface area contributed by atoms with E-state index in [1.54, 1.807) is 0 Å². The van der Waals surface area contributed by atoms with Gasteiger partial charge in [0.2, 0.25) is 5.91 Å². The van der Waals surface area contributed by atoms with Gasteiger partial charge in [0.05, 0.1) is 11.2 Å². The summed E-state index contributed by atoms with van der Waals surface area (Å²) in [5.74, 6) is -1.34. The van der Waals surface area contributed by atoms with E-state index in [0.29, 0.717) is 18.8 Å². The predicted octanol–water partition coefficient (Wildman–Crippen LogP) is 2.81. The molecule has 2 unspecified atom stereocenters. The first-order valence-electron chi connectivity index (χ1n) is 6.46. The number of rotatable bonds is 2. The predicted molar refractivity (Wildman–Crippen MR) is 69.5 cm³/mol. The van der Waals surface area contributed by atoms with E-state index in [1.165, 1.54) is 0 Å². The van der Waals surface area contributed by atoms with Gasteiger partial charge < -0.3 is 11.1 Å². The van der Waals surface area contributed by atoms with Crippen molar-refractivity contribution in [2.24, 2.45) is 11.7 Å². The second-order valence-electron chi connectivity index (χ2n) is 5.44. The minimum Gasteiger partial charge on any atom is -0.322 e. The van der Waals surface area contributed by atoms with Gasteiger partial charge in [0, 0.05) is 6.07 Å². The number of hydrogen-bond acceptors (Lipinski definition) is 2. The average Bonchev–Trinajstić information content (AvgIpc) is 2.33. The van der Waals surface area contributed by atoms with E-state index in [1.807, 2.05) is 6.92 Å². The third-order valence-electron chi connectivity index (χ3n) is 3.66. The lowest BCUT2D eigenvalue weighted by Gasteiger charge is -2.35. The maximum Gasteiger partial charge on any atom is 0.244 e. The molecule has 2 rings (SSSR count). The summed E-state index contributed by atoms with van der Waals surface area (Å²) >= 11 is 0. The number of carbonyl (C=O) groups excluding carboxylic acids is 1. The number of amides is 1. The Hall–Kier alpha value is -1.49. The fourth-order valence-electron chi connectivity index (χ4n) is 2.64. The van der Waals surface area contributed by atoms with Crippen LogP contribution in [0.2, 0.25) is 0 Å². The normalized spacial score (nSPS) is 27.1. The molecule has 0 heterocycles. The molecule has 3 N–H and O–H groups in total. The number of nitrogens with one attached hydrogen (secondary N) is 1. The molecule has 104 valence electrons. The number of anilines is 1. The van der Waals surface area contributed by atoms with Crippen LogP contribution in [0.5, 0.6) is 0 Å². The molecule has 0 bridgehead atoms. The molecule has 3 nitrogen and oxygen atoms in total. The van der Waals surface area contributed by atoms with E-state index < -0.39 is 23.1 Å².